The topological polar surface area (TPSA) is 37.4 Å². The Balaban J connectivity index is 2.40. The number of benzene rings is 1. The van der Waals surface area contributed by atoms with Crippen molar-refractivity contribution >= 4 is 17.4 Å². The number of Topliss-reactive ketones (excluding diaryl/α,β-unsaturated/α-hetero) is 1. The monoisotopic (exact) mass is 231 g/mol. The molecule has 1 aliphatic heterocycles. The largest absolute Gasteiger partial charge is 0.312 e. The van der Waals surface area contributed by atoms with Crippen LogP contribution in [0, 0.1) is 0 Å². The Labute approximate surface area is 101 Å². The SMILES string of the molecule is CCCN1C(=O)CCc2cc(C(C)=O)ccc21. The molecular weight excluding hydrogens is 214 g/mol. The molecule has 0 saturated heterocycles. The number of aryl methyl sites for hydroxylation is 1. The zero-order valence-electron chi connectivity index (χ0n) is 10.3. The van der Waals surface area contributed by atoms with E-state index in [1.807, 2.05) is 23.1 Å². The Morgan fingerprint density at radius 3 is 2.76 bits per heavy atom. The molecule has 0 N–H and O–H groups in total. The molecule has 2 rings (SSSR count). The maximum atomic E-state index is 11.8. The highest BCUT2D eigenvalue weighted by molar-refractivity contribution is 5.99. The number of rotatable bonds is 3. The fourth-order valence-electron chi connectivity index (χ4n) is 2.25. The molecule has 0 radical (unpaired) electrons. The van der Waals surface area contributed by atoms with Crippen LogP contribution in [0.4, 0.5) is 5.69 Å². The lowest BCUT2D eigenvalue weighted by molar-refractivity contribution is -0.118. The first-order valence-corrected chi connectivity index (χ1v) is 6.07. The minimum Gasteiger partial charge on any atom is -0.312 e. The summed E-state index contributed by atoms with van der Waals surface area (Å²) in [6.45, 7) is 4.39. The van der Waals surface area contributed by atoms with Crippen molar-refractivity contribution in [2.45, 2.75) is 33.1 Å². The lowest BCUT2D eigenvalue weighted by Crippen LogP contribution is -2.35. The van der Waals surface area contributed by atoms with E-state index < -0.39 is 0 Å². The molecule has 3 nitrogen and oxygen atoms in total. The van der Waals surface area contributed by atoms with Crippen molar-refractivity contribution < 1.29 is 9.59 Å². The van der Waals surface area contributed by atoms with E-state index in [0.29, 0.717) is 6.42 Å². The summed E-state index contributed by atoms with van der Waals surface area (Å²) in [4.78, 5) is 25.0. The average molecular weight is 231 g/mol. The zero-order chi connectivity index (χ0) is 12.4. The van der Waals surface area contributed by atoms with Gasteiger partial charge in [-0.05, 0) is 43.5 Å². The highest BCUT2D eigenvalue weighted by atomic mass is 16.2. The van der Waals surface area contributed by atoms with Crippen LogP contribution in [-0.2, 0) is 11.2 Å². The van der Waals surface area contributed by atoms with Crippen molar-refractivity contribution in [3.05, 3.63) is 29.3 Å². The molecule has 1 aromatic rings. The number of carbonyl (C=O) groups is 2. The smallest absolute Gasteiger partial charge is 0.227 e. The van der Waals surface area contributed by atoms with Gasteiger partial charge in [0.15, 0.2) is 5.78 Å². The van der Waals surface area contributed by atoms with Crippen molar-refractivity contribution in [2.75, 3.05) is 11.4 Å². The molecule has 0 unspecified atom stereocenters. The molecule has 1 heterocycles. The van der Waals surface area contributed by atoms with Gasteiger partial charge in [-0.15, -0.1) is 0 Å². The van der Waals surface area contributed by atoms with E-state index in [1.54, 1.807) is 6.92 Å². The van der Waals surface area contributed by atoms with Crippen LogP contribution in [0.25, 0.3) is 0 Å². The summed E-state index contributed by atoms with van der Waals surface area (Å²) < 4.78 is 0. The van der Waals surface area contributed by atoms with E-state index in [0.717, 1.165) is 36.2 Å². The van der Waals surface area contributed by atoms with E-state index in [2.05, 4.69) is 6.92 Å². The molecule has 0 saturated carbocycles. The Morgan fingerprint density at radius 2 is 2.12 bits per heavy atom. The van der Waals surface area contributed by atoms with Crippen LogP contribution in [0.3, 0.4) is 0 Å². The molecule has 0 fully saturated rings. The van der Waals surface area contributed by atoms with Crippen LogP contribution in [0.1, 0.15) is 42.6 Å². The first kappa shape index (κ1) is 11.8. The summed E-state index contributed by atoms with van der Waals surface area (Å²) in [7, 11) is 0. The summed E-state index contributed by atoms with van der Waals surface area (Å²) in [6.07, 6.45) is 2.24. The summed E-state index contributed by atoms with van der Waals surface area (Å²) in [6, 6.07) is 5.63. The van der Waals surface area contributed by atoms with Crippen molar-refractivity contribution in [3.63, 3.8) is 0 Å². The van der Waals surface area contributed by atoms with Crippen molar-refractivity contribution in [2.24, 2.45) is 0 Å². The van der Waals surface area contributed by atoms with Crippen LogP contribution in [-0.4, -0.2) is 18.2 Å². The molecule has 0 spiro atoms. The third-order valence-electron chi connectivity index (χ3n) is 3.13. The average Bonchev–Trinajstić information content (AvgIpc) is 2.32. The number of hydrogen-bond acceptors (Lipinski definition) is 2. The molecule has 1 amide bonds. The predicted molar refractivity (Wildman–Crippen MR) is 67.4 cm³/mol. The number of fused-ring (bicyclic) bond motifs is 1. The van der Waals surface area contributed by atoms with E-state index in [9.17, 15) is 9.59 Å². The molecule has 0 bridgehead atoms. The van der Waals surface area contributed by atoms with E-state index in [-0.39, 0.29) is 11.7 Å². The number of amides is 1. The number of anilines is 1. The van der Waals surface area contributed by atoms with E-state index in [4.69, 9.17) is 0 Å². The first-order chi connectivity index (χ1) is 8.13. The summed E-state index contributed by atoms with van der Waals surface area (Å²) in [5, 5.41) is 0. The van der Waals surface area contributed by atoms with Gasteiger partial charge < -0.3 is 4.90 Å². The molecule has 1 aromatic carbocycles. The van der Waals surface area contributed by atoms with Gasteiger partial charge in [-0.1, -0.05) is 6.92 Å². The normalized spacial score (nSPS) is 14.7. The van der Waals surface area contributed by atoms with Gasteiger partial charge in [0, 0.05) is 24.2 Å². The molecule has 1 aliphatic rings. The van der Waals surface area contributed by atoms with E-state index >= 15 is 0 Å². The lowest BCUT2D eigenvalue weighted by Gasteiger charge is -2.29. The highest BCUT2D eigenvalue weighted by Gasteiger charge is 2.23. The summed E-state index contributed by atoms with van der Waals surface area (Å²) in [5.41, 5.74) is 2.83. The Kier molecular flexibility index (Phi) is 3.27. The fourth-order valence-corrected chi connectivity index (χ4v) is 2.25. The maximum Gasteiger partial charge on any atom is 0.227 e. The van der Waals surface area contributed by atoms with Gasteiger partial charge in [-0.2, -0.15) is 0 Å². The first-order valence-electron chi connectivity index (χ1n) is 6.07. The van der Waals surface area contributed by atoms with Gasteiger partial charge in [0.25, 0.3) is 0 Å². The summed E-state index contributed by atoms with van der Waals surface area (Å²) in [5.74, 6) is 0.265. The molecule has 0 aromatic heterocycles. The predicted octanol–water partition coefficient (Wildman–Crippen LogP) is 2.58. The van der Waals surface area contributed by atoms with Crippen LogP contribution < -0.4 is 4.90 Å². The van der Waals surface area contributed by atoms with Gasteiger partial charge in [0.1, 0.15) is 0 Å². The summed E-state index contributed by atoms with van der Waals surface area (Å²) >= 11 is 0. The number of carbonyl (C=O) groups excluding carboxylic acids is 2. The van der Waals surface area contributed by atoms with Crippen LogP contribution >= 0.6 is 0 Å². The lowest BCUT2D eigenvalue weighted by atomic mass is 9.97. The van der Waals surface area contributed by atoms with Crippen LogP contribution in [0.15, 0.2) is 18.2 Å². The molecule has 0 aliphatic carbocycles. The second kappa shape index (κ2) is 4.70. The standard InChI is InChI=1S/C14H17NO2/c1-3-8-15-13-6-4-11(10(2)16)9-12(13)5-7-14(15)17/h4,6,9H,3,5,7-8H2,1-2H3. The quantitative estimate of drug-likeness (QED) is 0.750. The second-order valence-corrected chi connectivity index (χ2v) is 4.45. The van der Waals surface area contributed by atoms with Crippen molar-refractivity contribution in [1.29, 1.82) is 0 Å². The molecule has 3 heteroatoms. The molecule has 17 heavy (non-hydrogen) atoms. The van der Waals surface area contributed by atoms with Gasteiger partial charge in [-0.3, -0.25) is 9.59 Å². The van der Waals surface area contributed by atoms with Crippen LogP contribution in [0.2, 0.25) is 0 Å². The van der Waals surface area contributed by atoms with Gasteiger partial charge in [0.2, 0.25) is 5.91 Å². The van der Waals surface area contributed by atoms with Crippen LogP contribution in [0.5, 0.6) is 0 Å². The fraction of sp³-hybridized carbons (Fsp3) is 0.429. The Morgan fingerprint density at radius 1 is 1.35 bits per heavy atom. The molecular formula is C14H17NO2. The minimum atomic E-state index is 0.0757. The Bertz CT molecular complexity index is 465. The maximum absolute atomic E-state index is 11.8. The highest BCUT2D eigenvalue weighted by Crippen LogP contribution is 2.29. The number of hydrogen-bond donors (Lipinski definition) is 0. The number of nitrogens with zero attached hydrogens (tertiary/aromatic N) is 1. The van der Waals surface area contributed by atoms with Gasteiger partial charge >= 0.3 is 0 Å². The zero-order valence-corrected chi connectivity index (χ0v) is 10.3. The second-order valence-electron chi connectivity index (χ2n) is 4.45. The van der Waals surface area contributed by atoms with Crippen molar-refractivity contribution in [3.8, 4) is 0 Å². The van der Waals surface area contributed by atoms with Gasteiger partial charge in [0.05, 0.1) is 0 Å². The Hall–Kier alpha value is -1.64. The molecule has 0 atom stereocenters. The molecule has 90 valence electrons. The minimum absolute atomic E-state index is 0.0757. The van der Waals surface area contributed by atoms with Gasteiger partial charge in [-0.25, -0.2) is 0 Å². The van der Waals surface area contributed by atoms with E-state index in [1.165, 1.54) is 0 Å². The van der Waals surface area contributed by atoms with Crippen molar-refractivity contribution in [1.82, 2.24) is 0 Å². The number of ketones is 1. The third-order valence-corrected chi connectivity index (χ3v) is 3.13. The third kappa shape index (κ3) is 2.23.